The van der Waals surface area contributed by atoms with E-state index in [-0.39, 0.29) is 5.02 Å². The van der Waals surface area contributed by atoms with Crippen LogP contribution in [0.3, 0.4) is 0 Å². The van der Waals surface area contributed by atoms with Gasteiger partial charge >= 0.3 is 0 Å². The Morgan fingerprint density at radius 1 is 1.00 bits per heavy atom. The fourth-order valence-electron chi connectivity index (χ4n) is 1.99. The smallest absolute Gasteiger partial charge is 0.162 e. The van der Waals surface area contributed by atoms with Crippen LogP contribution in [-0.2, 0) is 0 Å². The van der Waals surface area contributed by atoms with E-state index in [0.29, 0.717) is 27.6 Å². The molecule has 6 heteroatoms. The molecule has 0 bridgehead atoms. The predicted octanol–water partition coefficient (Wildman–Crippen LogP) is 4.20. The maximum absolute atomic E-state index is 13.2. The number of halogens is 3. The average Bonchev–Trinajstić information content (AvgIpc) is 2.49. The van der Waals surface area contributed by atoms with E-state index in [0.717, 1.165) is 0 Å². The summed E-state index contributed by atoms with van der Waals surface area (Å²) in [5.41, 5.74) is 7.47. The van der Waals surface area contributed by atoms with Gasteiger partial charge in [-0.25, -0.2) is 4.39 Å². The summed E-state index contributed by atoms with van der Waals surface area (Å²) in [7, 11) is 3.04. The number of benzene rings is 2. The lowest BCUT2D eigenvalue weighted by molar-refractivity contribution is 0.354. The van der Waals surface area contributed by atoms with Crippen LogP contribution in [0.2, 0.25) is 10.0 Å². The van der Waals surface area contributed by atoms with Crippen molar-refractivity contribution in [2.75, 3.05) is 14.2 Å². The van der Waals surface area contributed by atoms with Gasteiger partial charge in [-0.15, -0.1) is 0 Å². The molecule has 3 nitrogen and oxygen atoms in total. The maximum atomic E-state index is 13.2. The van der Waals surface area contributed by atoms with Crippen LogP contribution in [0.1, 0.15) is 17.2 Å². The van der Waals surface area contributed by atoms with Gasteiger partial charge in [-0.1, -0.05) is 29.3 Å². The Morgan fingerprint density at radius 3 is 2.19 bits per heavy atom. The van der Waals surface area contributed by atoms with Crippen LogP contribution >= 0.6 is 23.2 Å². The quantitative estimate of drug-likeness (QED) is 0.914. The van der Waals surface area contributed by atoms with Crippen molar-refractivity contribution in [2.24, 2.45) is 5.73 Å². The summed E-state index contributed by atoms with van der Waals surface area (Å²) < 4.78 is 23.6. The highest BCUT2D eigenvalue weighted by atomic mass is 35.5. The molecule has 0 aliphatic rings. The lowest BCUT2D eigenvalue weighted by Gasteiger charge is -2.17. The van der Waals surface area contributed by atoms with Crippen LogP contribution in [0.5, 0.6) is 11.5 Å². The van der Waals surface area contributed by atoms with Crippen molar-refractivity contribution in [1.29, 1.82) is 0 Å². The molecular formula is C15H14Cl2FNO2. The first-order valence-electron chi connectivity index (χ1n) is 6.10. The lowest BCUT2D eigenvalue weighted by atomic mass is 9.99. The fourth-order valence-corrected chi connectivity index (χ4v) is 2.45. The highest BCUT2D eigenvalue weighted by Gasteiger charge is 2.17. The van der Waals surface area contributed by atoms with Gasteiger partial charge in [-0.05, 0) is 29.3 Å². The SMILES string of the molecule is COc1cc(Cl)c(C(N)c2ccc(F)c(Cl)c2)cc1OC. The molecule has 1 atom stereocenters. The molecule has 0 aromatic heterocycles. The first-order chi connectivity index (χ1) is 9.97. The number of hydrogen-bond acceptors (Lipinski definition) is 3. The van der Waals surface area contributed by atoms with Crippen LogP contribution in [-0.4, -0.2) is 14.2 Å². The Kier molecular flexibility index (Phi) is 4.93. The largest absolute Gasteiger partial charge is 0.493 e. The Labute approximate surface area is 132 Å². The number of methoxy groups -OCH3 is 2. The van der Waals surface area contributed by atoms with Gasteiger partial charge in [0.1, 0.15) is 5.82 Å². The van der Waals surface area contributed by atoms with Gasteiger partial charge < -0.3 is 15.2 Å². The molecule has 1 unspecified atom stereocenters. The molecular weight excluding hydrogens is 316 g/mol. The summed E-state index contributed by atoms with van der Waals surface area (Å²) in [6, 6.07) is 7.08. The van der Waals surface area contributed by atoms with E-state index in [4.69, 9.17) is 38.4 Å². The molecule has 2 aromatic rings. The minimum atomic E-state index is -0.560. The predicted molar refractivity (Wildman–Crippen MR) is 82.0 cm³/mol. The normalized spacial score (nSPS) is 12.1. The van der Waals surface area contributed by atoms with Crippen molar-refractivity contribution < 1.29 is 13.9 Å². The van der Waals surface area contributed by atoms with Crippen LogP contribution < -0.4 is 15.2 Å². The summed E-state index contributed by atoms with van der Waals surface area (Å²) in [5, 5.41) is 0.445. The van der Waals surface area contributed by atoms with Crippen LogP contribution in [0.15, 0.2) is 30.3 Å². The second-order valence-corrected chi connectivity index (χ2v) is 5.19. The van der Waals surface area contributed by atoms with Gasteiger partial charge in [0.25, 0.3) is 0 Å². The monoisotopic (exact) mass is 329 g/mol. The van der Waals surface area contributed by atoms with Crippen molar-refractivity contribution in [1.82, 2.24) is 0 Å². The van der Waals surface area contributed by atoms with Gasteiger partial charge in [-0.3, -0.25) is 0 Å². The van der Waals surface area contributed by atoms with E-state index in [9.17, 15) is 4.39 Å². The topological polar surface area (TPSA) is 44.5 Å². The average molecular weight is 330 g/mol. The van der Waals surface area contributed by atoms with Crippen LogP contribution in [0.4, 0.5) is 4.39 Å². The van der Waals surface area contributed by atoms with Gasteiger partial charge in [-0.2, -0.15) is 0 Å². The van der Waals surface area contributed by atoms with E-state index < -0.39 is 11.9 Å². The van der Waals surface area contributed by atoms with Gasteiger partial charge in [0.05, 0.1) is 25.3 Å². The van der Waals surface area contributed by atoms with Crippen LogP contribution in [0.25, 0.3) is 0 Å². The summed E-state index contributed by atoms with van der Waals surface area (Å²) >= 11 is 12.0. The Bertz CT molecular complexity index is 664. The number of hydrogen-bond donors (Lipinski definition) is 1. The molecule has 0 fully saturated rings. The molecule has 112 valence electrons. The van der Waals surface area contributed by atoms with Crippen molar-refractivity contribution in [2.45, 2.75) is 6.04 Å². The molecule has 0 amide bonds. The van der Waals surface area contributed by atoms with E-state index >= 15 is 0 Å². The molecule has 2 rings (SSSR count). The molecule has 0 aliphatic carbocycles. The number of ether oxygens (including phenoxy) is 2. The lowest BCUT2D eigenvalue weighted by Crippen LogP contribution is -2.13. The maximum Gasteiger partial charge on any atom is 0.162 e. The number of nitrogens with two attached hydrogens (primary N) is 1. The highest BCUT2D eigenvalue weighted by molar-refractivity contribution is 6.31. The summed E-state index contributed by atoms with van der Waals surface area (Å²) in [6.07, 6.45) is 0. The first kappa shape index (κ1) is 15.9. The summed E-state index contributed by atoms with van der Waals surface area (Å²) in [4.78, 5) is 0. The third kappa shape index (κ3) is 3.23. The van der Waals surface area contributed by atoms with Crippen molar-refractivity contribution in [3.63, 3.8) is 0 Å². The van der Waals surface area contributed by atoms with E-state index in [1.807, 2.05) is 0 Å². The molecule has 2 N–H and O–H groups in total. The minimum absolute atomic E-state index is 0.0135. The van der Waals surface area contributed by atoms with Crippen molar-refractivity contribution in [3.8, 4) is 11.5 Å². The van der Waals surface area contributed by atoms with Crippen molar-refractivity contribution in [3.05, 3.63) is 57.3 Å². The fraction of sp³-hybridized carbons (Fsp3) is 0.200. The zero-order valence-electron chi connectivity index (χ0n) is 11.5. The number of rotatable bonds is 4. The Hall–Kier alpha value is -1.49. The molecule has 0 saturated carbocycles. The van der Waals surface area contributed by atoms with Crippen LogP contribution in [0, 0.1) is 5.82 Å². The first-order valence-corrected chi connectivity index (χ1v) is 6.85. The molecule has 0 saturated heterocycles. The van der Waals surface area contributed by atoms with E-state index in [1.165, 1.54) is 26.4 Å². The molecule has 0 aliphatic heterocycles. The van der Waals surface area contributed by atoms with Gasteiger partial charge in [0, 0.05) is 11.1 Å². The second kappa shape index (κ2) is 6.52. The molecule has 2 aromatic carbocycles. The second-order valence-electron chi connectivity index (χ2n) is 4.38. The molecule has 21 heavy (non-hydrogen) atoms. The summed E-state index contributed by atoms with van der Waals surface area (Å²) in [5.74, 6) is 0.530. The Balaban J connectivity index is 2.47. The van der Waals surface area contributed by atoms with Gasteiger partial charge in [0.2, 0.25) is 0 Å². The van der Waals surface area contributed by atoms with Gasteiger partial charge in [0.15, 0.2) is 11.5 Å². The molecule has 0 spiro atoms. The highest BCUT2D eigenvalue weighted by Crippen LogP contribution is 2.37. The molecule has 0 heterocycles. The minimum Gasteiger partial charge on any atom is -0.493 e. The summed E-state index contributed by atoms with van der Waals surface area (Å²) in [6.45, 7) is 0. The zero-order chi connectivity index (χ0) is 15.6. The third-order valence-electron chi connectivity index (χ3n) is 3.14. The Morgan fingerprint density at radius 2 is 1.62 bits per heavy atom. The molecule has 0 radical (unpaired) electrons. The zero-order valence-corrected chi connectivity index (χ0v) is 13.0. The standard InChI is InChI=1S/C15H14Cl2FNO2/c1-20-13-6-9(10(16)7-14(13)21-2)15(19)8-3-4-12(18)11(17)5-8/h3-7,15H,19H2,1-2H3. The van der Waals surface area contributed by atoms with Crippen molar-refractivity contribution >= 4 is 23.2 Å². The third-order valence-corrected chi connectivity index (χ3v) is 3.76. The van der Waals surface area contributed by atoms with E-state index in [2.05, 4.69) is 0 Å². The van der Waals surface area contributed by atoms with E-state index in [1.54, 1.807) is 18.2 Å².